The molecular formula is C9H21NO. The highest BCUT2D eigenvalue weighted by atomic mass is 16.5. The molecule has 0 bridgehead atoms. The highest BCUT2D eigenvalue weighted by Gasteiger charge is 2.02. The Morgan fingerprint density at radius 1 is 1.18 bits per heavy atom. The molecule has 0 unspecified atom stereocenters. The fourth-order valence-corrected chi connectivity index (χ4v) is 0.959. The average Bonchev–Trinajstić information content (AvgIpc) is 1.97. The summed E-state index contributed by atoms with van der Waals surface area (Å²) in [4.78, 5) is 0. The van der Waals surface area contributed by atoms with Gasteiger partial charge in [-0.25, -0.2) is 0 Å². The lowest BCUT2D eigenvalue weighted by molar-refractivity contribution is -0.117. The Labute approximate surface area is 70.2 Å². The first-order valence-corrected chi connectivity index (χ1v) is 4.64. The van der Waals surface area contributed by atoms with E-state index >= 15 is 0 Å². The van der Waals surface area contributed by atoms with Crippen molar-refractivity contribution in [3.05, 3.63) is 0 Å². The lowest BCUT2D eigenvalue weighted by atomic mass is 10.2. The third-order valence-corrected chi connectivity index (χ3v) is 1.84. The molecule has 0 aliphatic carbocycles. The van der Waals surface area contributed by atoms with Gasteiger partial charge < -0.3 is 5.21 Å². The molecule has 0 aromatic carbocycles. The predicted octanol–water partition coefficient (Wildman–Crippen LogP) is 2.67. The number of hydrogen-bond donors (Lipinski definition) is 1. The summed E-state index contributed by atoms with van der Waals surface area (Å²) in [5.74, 6) is 0. The van der Waals surface area contributed by atoms with Gasteiger partial charge in [-0.2, -0.15) is 5.06 Å². The summed E-state index contributed by atoms with van der Waals surface area (Å²) in [6.07, 6.45) is 4.89. The molecule has 0 aliphatic rings. The van der Waals surface area contributed by atoms with E-state index in [2.05, 4.69) is 6.92 Å². The van der Waals surface area contributed by atoms with Crippen molar-refractivity contribution in [2.75, 3.05) is 6.54 Å². The highest BCUT2D eigenvalue weighted by Crippen LogP contribution is 2.01. The molecular weight excluding hydrogens is 138 g/mol. The van der Waals surface area contributed by atoms with E-state index in [1.165, 1.54) is 24.3 Å². The minimum atomic E-state index is 0.261. The zero-order valence-electron chi connectivity index (χ0n) is 8.01. The lowest BCUT2D eigenvalue weighted by Gasteiger charge is -2.18. The third kappa shape index (κ3) is 6.32. The molecule has 0 radical (unpaired) electrons. The molecule has 0 saturated carbocycles. The van der Waals surface area contributed by atoms with E-state index < -0.39 is 0 Å². The Morgan fingerprint density at radius 2 is 1.82 bits per heavy atom. The van der Waals surface area contributed by atoms with E-state index in [0.29, 0.717) is 0 Å². The van der Waals surface area contributed by atoms with Crippen LogP contribution in [0, 0.1) is 0 Å². The molecule has 0 spiro atoms. The van der Waals surface area contributed by atoms with Crippen molar-refractivity contribution < 1.29 is 5.21 Å². The van der Waals surface area contributed by atoms with Crippen LogP contribution in [0.2, 0.25) is 0 Å². The Bertz CT molecular complexity index is 83.6. The number of nitrogens with zero attached hydrogens (tertiary/aromatic N) is 1. The summed E-state index contributed by atoms with van der Waals surface area (Å²) in [6.45, 7) is 7.01. The van der Waals surface area contributed by atoms with Gasteiger partial charge in [0.25, 0.3) is 0 Å². The van der Waals surface area contributed by atoms with E-state index in [-0.39, 0.29) is 6.04 Å². The molecule has 0 aliphatic heterocycles. The van der Waals surface area contributed by atoms with Gasteiger partial charge in [-0.15, -0.1) is 0 Å². The van der Waals surface area contributed by atoms with Crippen LogP contribution in [0.25, 0.3) is 0 Å². The summed E-state index contributed by atoms with van der Waals surface area (Å²) in [6, 6.07) is 0.261. The van der Waals surface area contributed by atoms with Crippen molar-refractivity contribution in [2.24, 2.45) is 0 Å². The Morgan fingerprint density at radius 3 is 2.27 bits per heavy atom. The van der Waals surface area contributed by atoms with Gasteiger partial charge in [-0.05, 0) is 20.3 Å². The summed E-state index contributed by atoms with van der Waals surface area (Å²) in [7, 11) is 0. The van der Waals surface area contributed by atoms with Crippen molar-refractivity contribution in [1.82, 2.24) is 5.06 Å². The number of hydroxylamine groups is 2. The fourth-order valence-electron chi connectivity index (χ4n) is 0.959. The SMILES string of the molecule is CCCCCCN(O)C(C)C. The maximum atomic E-state index is 9.26. The van der Waals surface area contributed by atoms with E-state index in [1.807, 2.05) is 13.8 Å². The van der Waals surface area contributed by atoms with Crippen LogP contribution < -0.4 is 0 Å². The maximum absolute atomic E-state index is 9.26. The standard InChI is InChI=1S/C9H21NO/c1-4-5-6-7-8-10(11)9(2)3/h9,11H,4-8H2,1-3H3. The molecule has 0 aromatic rings. The summed E-state index contributed by atoms with van der Waals surface area (Å²) in [5, 5.41) is 10.7. The van der Waals surface area contributed by atoms with Crippen LogP contribution in [0.1, 0.15) is 46.5 Å². The van der Waals surface area contributed by atoms with Crippen molar-refractivity contribution in [3.63, 3.8) is 0 Å². The fraction of sp³-hybridized carbons (Fsp3) is 1.00. The van der Waals surface area contributed by atoms with Gasteiger partial charge >= 0.3 is 0 Å². The largest absolute Gasteiger partial charge is 0.314 e. The maximum Gasteiger partial charge on any atom is 0.0293 e. The number of hydrogen-bond acceptors (Lipinski definition) is 2. The van der Waals surface area contributed by atoms with Crippen molar-refractivity contribution in [2.45, 2.75) is 52.5 Å². The third-order valence-electron chi connectivity index (χ3n) is 1.84. The van der Waals surface area contributed by atoms with Gasteiger partial charge in [0.15, 0.2) is 0 Å². The quantitative estimate of drug-likeness (QED) is 0.476. The lowest BCUT2D eigenvalue weighted by Crippen LogP contribution is -2.27. The molecule has 2 nitrogen and oxygen atoms in total. The average molecular weight is 159 g/mol. The predicted molar refractivity (Wildman–Crippen MR) is 47.8 cm³/mol. The van der Waals surface area contributed by atoms with Crippen LogP contribution >= 0.6 is 0 Å². The van der Waals surface area contributed by atoms with Gasteiger partial charge in [0, 0.05) is 12.6 Å². The second kappa shape index (κ2) is 6.62. The monoisotopic (exact) mass is 159 g/mol. The molecule has 1 N–H and O–H groups in total. The van der Waals surface area contributed by atoms with Gasteiger partial charge in [-0.3, -0.25) is 0 Å². The summed E-state index contributed by atoms with van der Waals surface area (Å²) < 4.78 is 0. The van der Waals surface area contributed by atoms with Crippen molar-refractivity contribution in [1.29, 1.82) is 0 Å². The molecule has 2 heteroatoms. The Kier molecular flexibility index (Phi) is 6.57. The summed E-state index contributed by atoms with van der Waals surface area (Å²) in [5.41, 5.74) is 0. The van der Waals surface area contributed by atoms with E-state index in [9.17, 15) is 5.21 Å². The molecule has 0 fully saturated rings. The second-order valence-corrected chi connectivity index (χ2v) is 3.32. The Balaban J connectivity index is 3.10. The second-order valence-electron chi connectivity index (χ2n) is 3.32. The Hall–Kier alpha value is -0.0800. The minimum Gasteiger partial charge on any atom is -0.314 e. The highest BCUT2D eigenvalue weighted by molar-refractivity contribution is 4.51. The molecule has 0 rings (SSSR count). The molecule has 68 valence electrons. The van der Waals surface area contributed by atoms with Crippen LogP contribution in [0.3, 0.4) is 0 Å². The molecule has 0 saturated heterocycles. The zero-order valence-corrected chi connectivity index (χ0v) is 8.01. The smallest absolute Gasteiger partial charge is 0.0293 e. The zero-order chi connectivity index (χ0) is 8.69. The first-order chi connectivity index (χ1) is 5.18. The van der Waals surface area contributed by atoms with Crippen molar-refractivity contribution >= 4 is 0 Å². The minimum absolute atomic E-state index is 0.261. The molecule has 0 aromatic heterocycles. The van der Waals surface area contributed by atoms with Gasteiger partial charge in [0.2, 0.25) is 0 Å². The van der Waals surface area contributed by atoms with E-state index in [4.69, 9.17) is 0 Å². The topological polar surface area (TPSA) is 23.5 Å². The van der Waals surface area contributed by atoms with Gasteiger partial charge in [-0.1, -0.05) is 26.2 Å². The van der Waals surface area contributed by atoms with Gasteiger partial charge in [0.1, 0.15) is 0 Å². The molecule has 11 heavy (non-hydrogen) atoms. The van der Waals surface area contributed by atoms with Crippen LogP contribution in [-0.2, 0) is 0 Å². The van der Waals surface area contributed by atoms with Crippen LogP contribution in [0.4, 0.5) is 0 Å². The first kappa shape index (κ1) is 10.9. The molecule has 0 heterocycles. The number of unbranched alkanes of at least 4 members (excludes halogenated alkanes) is 3. The molecule has 0 amide bonds. The van der Waals surface area contributed by atoms with Crippen LogP contribution in [0.5, 0.6) is 0 Å². The normalized spacial score (nSPS) is 11.5. The van der Waals surface area contributed by atoms with E-state index in [1.54, 1.807) is 0 Å². The van der Waals surface area contributed by atoms with E-state index in [0.717, 1.165) is 13.0 Å². The van der Waals surface area contributed by atoms with Gasteiger partial charge in [0.05, 0.1) is 0 Å². The van der Waals surface area contributed by atoms with Crippen molar-refractivity contribution in [3.8, 4) is 0 Å². The van der Waals surface area contributed by atoms with Crippen LogP contribution in [0.15, 0.2) is 0 Å². The molecule has 0 atom stereocenters. The summed E-state index contributed by atoms with van der Waals surface area (Å²) >= 11 is 0. The van der Waals surface area contributed by atoms with Crippen LogP contribution in [-0.4, -0.2) is 22.9 Å². The number of rotatable bonds is 6. The first-order valence-electron chi connectivity index (χ1n) is 4.64.